The van der Waals surface area contributed by atoms with Crippen molar-refractivity contribution in [3.8, 4) is 0 Å². The Hall–Kier alpha value is -2.06. The Morgan fingerprint density at radius 1 is 0.636 bits per heavy atom. The van der Waals surface area contributed by atoms with Crippen LogP contribution in [0.4, 0.5) is 17.1 Å². The molecule has 0 aliphatic rings. The number of hydrogen-bond donors (Lipinski definition) is 0. The standard InChI is InChI=1S/C20H18BrN/c1-15-7-3-5-9-19(15)22(18-13-11-17(21)12-14-18)20-10-6-4-8-16(20)2/h3-14H,1-2H3. The largest absolute Gasteiger partial charge is 0.310 e. The molecule has 0 unspecified atom stereocenters. The molecule has 3 aromatic carbocycles. The first kappa shape index (κ1) is 14.9. The lowest BCUT2D eigenvalue weighted by atomic mass is 10.1. The Labute approximate surface area is 140 Å². The van der Waals surface area contributed by atoms with E-state index in [4.69, 9.17) is 0 Å². The lowest BCUT2D eigenvalue weighted by molar-refractivity contribution is 1.22. The second-order valence-electron chi connectivity index (χ2n) is 5.38. The second-order valence-corrected chi connectivity index (χ2v) is 6.30. The first-order valence-electron chi connectivity index (χ1n) is 7.34. The number of hydrogen-bond acceptors (Lipinski definition) is 1. The van der Waals surface area contributed by atoms with Crippen LogP contribution in [0.15, 0.2) is 77.3 Å². The van der Waals surface area contributed by atoms with Gasteiger partial charge in [0.1, 0.15) is 0 Å². The van der Waals surface area contributed by atoms with E-state index in [0.29, 0.717) is 0 Å². The van der Waals surface area contributed by atoms with Crippen LogP contribution in [-0.2, 0) is 0 Å². The van der Waals surface area contributed by atoms with Crippen molar-refractivity contribution in [2.75, 3.05) is 4.90 Å². The van der Waals surface area contributed by atoms with Crippen LogP contribution >= 0.6 is 15.9 Å². The Bertz CT molecular complexity index is 732. The van der Waals surface area contributed by atoms with Gasteiger partial charge in [-0.2, -0.15) is 0 Å². The summed E-state index contributed by atoms with van der Waals surface area (Å²) < 4.78 is 1.09. The fraction of sp³-hybridized carbons (Fsp3) is 0.100. The number of benzene rings is 3. The van der Waals surface area contributed by atoms with Crippen molar-refractivity contribution in [1.29, 1.82) is 0 Å². The van der Waals surface area contributed by atoms with Crippen molar-refractivity contribution >= 4 is 33.0 Å². The average molecular weight is 352 g/mol. The summed E-state index contributed by atoms with van der Waals surface area (Å²) in [6.07, 6.45) is 0. The summed E-state index contributed by atoms with van der Waals surface area (Å²) >= 11 is 3.52. The Balaban J connectivity index is 2.21. The number of halogens is 1. The number of rotatable bonds is 3. The van der Waals surface area contributed by atoms with Crippen LogP contribution in [0, 0.1) is 13.8 Å². The van der Waals surface area contributed by atoms with Gasteiger partial charge in [-0.3, -0.25) is 0 Å². The molecule has 0 amide bonds. The molecule has 110 valence electrons. The molecule has 0 radical (unpaired) electrons. The van der Waals surface area contributed by atoms with Gasteiger partial charge in [0.25, 0.3) is 0 Å². The normalized spacial score (nSPS) is 10.5. The topological polar surface area (TPSA) is 3.24 Å². The van der Waals surface area contributed by atoms with Crippen molar-refractivity contribution in [2.24, 2.45) is 0 Å². The van der Waals surface area contributed by atoms with Crippen LogP contribution in [0.2, 0.25) is 0 Å². The lowest BCUT2D eigenvalue weighted by Crippen LogP contribution is -2.12. The van der Waals surface area contributed by atoms with E-state index in [1.54, 1.807) is 0 Å². The number of nitrogens with zero attached hydrogens (tertiary/aromatic N) is 1. The summed E-state index contributed by atoms with van der Waals surface area (Å²) in [6, 6.07) is 25.4. The molecule has 1 nitrogen and oxygen atoms in total. The highest BCUT2D eigenvalue weighted by molar-refractivity contribution is 9.10. The van der Waals surface area contributed by atoms with Gasteiger partial charge >= 0.3 is 0 Å². The molecule has 0 saturated heterocycles. The van der Waals surface area contributed by atoms with Crippen LogP contribution in [-0.4, -0.2) is 0 Å². The molecule has 0 aromatic heterocycles. The molecule has 0 N–H and O–H groups in total. The predicted molar refractivity (Wildman–Crippen MR) is 98.3 cm³/mol. The van der Waals surface area contributed by atoms with E-state index in [0.717, 1.165) is 10.2 Å². The molecule has 0 heterocycles. The van der Waals surface area contributed by atoms with Gasteiger partial charge in [-0.1, -0.05) is 52.3 Å². The summed E-state index contributed by atoms with van der Waals surface area (Å²) in [6.45, 7) is 4.30. The Morgan fingerprint density at radius 2 is 1.09 bits per heavy atom. The van der Waals surface area contributed by atoms with Crippen molar-refractivity contribution in [3.63, 3.8) is 0 Å². The minimum atomic E-state index is 1.09. The molecular weight excluding hydrogens is 334 g/mol. The summed E-state index contributed by atoms with van der Waals surface area (Å²) in [5.74, 6) is 0. The van der Waals surface area contributed by atoms with Crippen molar-refractivity contribution in [2.45, 2.75) is 13.8 Å². The molecule has 22 heavy (non-hydrogen) atoms. The fourth-order valence-electron chi connectivity index (χ4n) is 2.63. The zero-order valence-electron chi connectivity index (χ0n) is 12.8. The Kier molecular flexibility index (Phi) is 4.30. The second kappa shape index (κ2) is 6.37. The molecule has 0 aliphatic carbocycles. The third kappa shape index (κ3) is 2.93. The molecule has 0 fully saturated rings. The fourth-order valence-corrected chi connectivity index (χ4v) is 2.89. The number of anilines is 3. The zero-order chi connectivity index (χ0) is 15.5. The molecule has 3 aromatic rings. The first-order chi connectivity index (χ1) is 10.7. The SMILES string of the molecule is Cc1ccccc1N(c1ccc(Br)cc1)c1ccccc1C. The van der Waals surface area contributed by atoms with Crippen molar-refractivity contribution in [1.82, 2.24) is 0 Å². The summed E-state index contributed by atoms with van der Waals surface area (Å²) in [5, 5.41) is 0. The van der Waals surface area contributed by atoms with Gasteiger partial charge in [0, 0.05) is 21.5 Å². The molecular formula is C20H18BrN. The van der Waals surface area contributed by atoms with Crippen molar-refractivity contribution < 1.29 is 0 Å². The van der Waals surface area contributed by atoms with Gasteiger partial charge in [0.15, 0.2) is 0 Å². The third-order valence-electron chi connectivity index (χ3n) is 3.80. The maximum absolute atomic E-state index is 3.52. The molecule has 0 atom stereocenters. The van der Waals surface area contributed by atoms with E-state index in [9.17, 15) is 0 Å². The van der Waals surface area contributed by atoms with Crippen LogP contribution in [0.1, 0.15) is 11.1 Å². The quantitative estimate of drug-likeness (QED) is 0.518. The monoisotopic (exact) mass is 351 g/mol. The number of para-hydroxylation sites is 2. The Morgan fingerprint density at radius 3 is 1.55 bits per heavy atom. The lowest BCUT2D eigenvalue weighted by Gasteiger charge is -2.28. The van der Waals surface area contributed by atoms with Gasteiger partial charge < -0.3 is 4.90 Å². The van der Waals surface area contributed by atoms with Crippen LogP contribution in [0.25, 0.3) is 0 Å². The highest BCUT2D eigenvalue weighted by atomic mass is 79.9. The number of aryl methyl sites for hydroxylation is 2. The summed E-state index contributed by atoms with van der Waals surface area (Å²) in [4.78, 5) is 2.32. The van der Waals surface area contributed by atoms with Gasteiger partial charge in [0.2, 0.25) is 0 Å². The average Bonchev–Trinajstić information content (AvgIpc) is 2.53. The van der Waals surface area contributed by atoms with Gasteiger partial charge in [-0.05, 0) is 61.4 Å². The minimum Gasteiger partial charge on any atom is -0.310 e. The van der Waals surface area contributed by atoms with Crippen molar-refractivity contribution in [3.05, 3.63) is 88.4 Å². The highest BCUT2D eigenvalue weighted by Crippen LogP contribution is 2.38. The molecule has 3 rings (SSSR count). The third-order valence-corrected chi connectivity index (χ3v) is 4.33. The van der Waals surface area contributed by atoms with E-state index in [2.05, 4.69) is 107 Å². The molecule has 0 saturated carbocycles. The predicted octanol–water partition coefficient (Wildman–Crippen LogP) is 6.54. The van der Waals surface area contributed by atoms with Gasteiger partial charge in [-0.25, -0.2) is 0 Å². The van der Waals surface area contributed by atoms with Gasteiger partial charge in [0.05, 0.1) is 0 Å². The van der Waals surface area contributed by atoms with E-state index < -0.39 is 0 Å². The van der Waals surface area contributed by atoms with E-state index in [1.165, 1.54) is 22.5 Å². The first-order valence-corrected chi connectivity index (χ1v) is 8.13. The molecule has 2 heteroatoms. The zero-order valence-corrected chi connectivity index (χ0v) is 14.3. The van der Waals surface area contributed by atoms with Gasteiger partial charge in [-0.15, -0.1) is 0 Å². The maximum atomic E-state index is 3.52. The molecule has 0 spiro atoms. The molecule has 0 aliphatic heterocycles. The van der Waals surface area contributed by atoms with Crippen LogP contribution in [0.3, 0.4) is 0 Å². The summed E-state index contributed by atoms with van der Waals surface area (Å²) in [5.41, 5.74) is 6.09. The highest BCUT2D eigenvalue weighted by Gasteiger charge is 2.15. The van der Waals surface area contributed by atoms with E-state index in [1.807, 2.05) is 0 Å². The molecule has 0 bridgehead atoms. The van der Waals surface area contributed by atoms with E-state index >= 15 is 0 Å². The van der Waals surface area contributed by atoms with Crippen LogP contribution < -0.4 is 4.90 Å². The van der Waals surface area contributed by atoms with E-state index in [-0.39, 0.29) is 0 Å². The smallest absolute Gasteiger partial charge is 0.0490 e. The maximum Gasteiger partial charge on any atom is 0.0490 e. The van der Waals surface area contributed by atoms with Crippen LogP contribution in [0.5, 0.6) is 0 Å². The minimum absolute atomic E-state index is 1.09. The summed E-state index contributed by atoms with van der Waals surface area (Å²) in [7, 11) is 0.